The molecule has 37 heavy (non-hydrogen) atoms. The van der Waals surface area contributed by atoms with Crippen LogP contribution in [0.3, 0.4) is 0 Å². The Morgan fingerprint density at radius 2 is 1.70 bits per heavy atom. The van der Waals surface area contributed by atoms with Crippen molar-refractivity contribution in [2.75, 3.05) is 13.1 Å². The molecule has 1 N–H and O–H groups in total. The number of aryl methyl sites for hydroxylation is 1. The van der Waals surface area contributed by atoms with Gasteiger partial charge in [0.05, 0.1) is 10.9 Å². The van der Waals surface area contributed by atoms with E-state index in [9.17, 15) is 23.6 Å². The van der Waals surface area contributed by atoms with Gasteiger partial charge in [-0.1, -0.05) is 38.1 Å². The van der Waals surface area contributed by atoms with Crippen LogP contribution in [0.15, 0.2) is 41.2 Å². The molecular weight excluding hydrogens is 473 g/mol. The number of carbonyl (C=O) groups excluding carboxylic acids is 3. The van der Waals surface area contributed by atoms with Crippen LogP contribution in [0.4, 0.5) is 4.39 Å². The normalized spacial score (nSPS) is 14.7. The van der Waals surface area contributed by atoms with Crippen LogP contribution in [0.5, 0.6) is 0 Å². The van der Waals surface area contributed by atoms with E-state index in [0.717, 1.165) is 0 Å². The molecule has 0 spiro atoms. The van der Waals surface area contributed by atoms with Crippen LogP contribution in [0.1, 0.15) is 72.1 Å². The second kappa shape index (κ2) is 10.4. The fourth-order valence-corrected chi connectivity index (χ4v) is 5.03. The number of nitrogens with one attached hydrogen (secondary N) is 1. The van der Waals surface area contributed by atoms with E-state index >= 15 is 0 Å². The topological polar surface area (TPSA) is 100 Å². The molecular formula is C29H32FN3O4. The molecule has 3 aromatic rings. The molecule has 1 aromatic heterocycles. The number of Topliss-reactive ketones (excluding diaryl/α,β-unsaturated/α-hetero) is 2. The van der Waals surface area contributed by atoms with Crippen molar-refractivity contribution in [3.8, 4) is 0 Å². The lowest BCUT2D eigenvalue weighted by Crippen LogP contribution is -2.42. The first-order valence-corrected chi connectivity index (χ1v) is 12.6. The first-order chi connectivity index (χ1) is 17.4. The van der Waals surface area contributed by atoms with Gasteiger partial charge in [-0.3, -0.25) is 19.2 Å². The first-order valence-electron chi connectivity index (χ1n) is 12.6. The van der Waals surface area contributed by atoms with Gasteiger partial charge in [0.2, 0.25) is 5.91 Å². The quantitative estimate of drug-likeness (QED) is 0.471. The molecule has 2 heterocycles. The number of aromatic amines is 1. The molecule has 8 heteroatoms. The van der Waals surface area contributed by atoms with Gasteiger partial charge in [0.25, 0.3) is 5.56 Å². The summed E-state index contributed by atoms with van der Waals surface area (Å²) in [5.41, 5.74) is 1.35. The van der Waals surface area contributed by atoms with Gasteiger partial charge >= 0.3 is 0 Å². The largest absolute Gasteiger partial charge is 0.343 e. The lowest BCUT2D eigenvalue weighted by molar-refractivity contribution is -0.134. The van der Waals surface area contributed by atoms with Gasteiger partial charge < -0.3 is 9.88 Å². The predicted octanol–water partition coefficient (Wildman–Crippen LogP) is 4.65. The second-order valence-corrected chi connectivity index (χ2v) is 10.8. The number of fused-ring (bicyclic) bond motifs is 1. The van der Waals surface area contributed by atoms with Crippen molar-refractivity contribution in [2.24, 2.45) is 11.3 Å². The molecule has 0 unspecified atom stereocenters. The van der Waals surface area contributed by atoms with Crippen LogP contribution in [0.25, 0.3) is 10.9 Å². The third-order valence-electron chi connectivity index (χ3n) is 7.08. The van der Waals surface area contributed by atoms with E-state index < -0.39 is 16.8 Å². The van der Waals surface area contributed by atoms with Gasteiger partial charge in [-0.25, -0.2) is 9.37 Å². The Morgan fingerprint density at radius 1 is 1.08 bits per heavy atom. The number of amides is 1. The lowest BCUT2D eigenvalue weighted by Gasteiger charge is -2.34. The van der Waals surface area contributed by atoms with E-state index in [2.05, 4.69) is 9.97 Å². The summed E-state index contributed by atoms with van der Waals surface area (Å²) in [4.78, 5) is 59.1. The van der Waals surface area contributed by atoms with Gasteiger partial charge in [-0.05, 0) is 49.8 Å². The summed E-state index contributed by atoms with van der Waals surface area (Å²) < 4.78 is 13.7. The Morgan fingerprint density at radius 3 is 2.32 bits per heavy atom. The fraction of sp³-hybridized carbons (Fsp3) is 0.414. The maximum atomic E-state index is 13.7. The van der Waals surface area contributed by atoms with Crippen LogP contribution in [-0.4, -0.2) is 45.4 Å². The summed E-state index contributed by atoms with van der Waals surface area (Å²) in [5, 5.41) is 0.211. The molecule has 1 aliphatic heterocycles. The van der Waals surface area contributed by atoms with Crippen LogP contribution < -0.4 is 5.56 Å². The minimum absolute atomic E-state index is 0.00287. The van der Waals surface area contributed by atoms with Gasteiger partial charge in [-0.2, -0.15) is 0 Å². The minimum atomic E-state index is -0.479. The minimum Gasteiger partial charge on any atom is -0.343 e. The van der Waals surface area contributed by atoms with E-state index in [0.29, 0.717) is 60.4 Å². The van der Waals surface area contributed by atoms with Crippen molar-refractivity contribution < 1.29 is 18.8 Å². The van der Waals surface area contributed by atoms with E-state index in [4.69, 9.17) is 0 Å². The molecule has 194 valence electrons. The molecule has 1 fully saturated rings. The lowest BCUT2D eigenvalue weighted by atomic mass is 9.83. The summed E-state index contributed by atoms with van der Waals surface area (Å²) >= 11 is 0. The van der Waals surface area contributed by atoms with Crippen LogP contribution in [-0.2, 0) is 11.2 Å². The summed E-state index contributed by atoms with van der Waals surface area (Å²) in [7, 11) is 0. The number of benzene rings is 2. The zero-order valence-electron chi connectivity index (χ0n) is 21.7. The maximum absolute atomic E-state index is 13.7. The number of H-pyrrole nitrogens is 1. The maximum Gasteiger partial charge on any atom is 0.258 e. The average Bonchev–Trinajstić information content (AvgIpc) is 2.84. The van der Waals surface area contributed by atoms with Crippen LogP contribution in [0, 0.1) is 24.1 Å². The highest BCUT2D eigenvalue weighted by atomic mass is 19.1. The third kappa shape index (κ3) is 6.01. The van der Waals surface area contributed by atoms with E-state index in [1.807, 2.05) is 13.8 Å². The van der Waals surface area contributed by atoms with Crippen molar-refractivity contribution in [3.05, 3.63) is 75.1 Å². The zero-order chi connectivity index (χ0) is 26.9. The second-order valence-electron chi connectivity index (χ2n) is 10.8. The summed E-state index contributed by atoms with van der Waals surface area (Å²) in [6.45, 7) is 8.12. The Hall–Kier alpha value is -3.68. The average molecular weight is 506 g/mol. The molecule has 1 amide bonds. The summed E-state index contributed by atoms with van der Waals surface area (Å²) in [6.07, 6.45) is 1.83. The predicted molar refractivity (Wildman–Crippen MR) is 139 cm³/mol. The SMILES string of the molecule is CC(=O)c1ccc(C(=O)C2CCN(C(=O)CC(C)(C)Cc3nc4c(C)cc(F)cc4c(=O)[nH]3)CC2)cc1. The molecule has 0 bridgehead atoms. The number of rotatable bonds is 7. The summed E-state index contributed by atoms with van der Waals surface area (Å²) in [5.74, 6) is -0.160. The molecule has 7 nitrogen and oxygen atoms in total. The molecule has 0 aliphatic carbocycles. The molecule has 1 saturated heterocycles. The van der Waals surface area contributed by atoms with Crippen molar-refractivity contribution >= 4 is 28.4 Å². The van der Waals surface area contributed by atoms with Crippen molar-refractivity contribution in [3.63, 3.8) is 0 Å². The highest BCUT2D eigenvalue weighted by Gasteiger charge is 2.31. The van der Waals surface area contributed by atoms with E-state index in [1.165, 1.54) is 19.1 Å². The Balaban J connectivity index is 1.36. The number of nitrogens with zero attached hydrogens (tertiary/aromatic N) is 2. The zero-order valence-corrected chi connectivity index (χ0v) is 21.7. The summed E-state index contributed by atoms with van der Waals surface area (Å²) in [6, 6.07) is 9.27. The highest BCUT2D eigenvalue weighted by Crippen LogP contribution is 2.29. The van der Waals surface area contributed by atoms with Gasteiger partial charge in [-0.15, -0.1) is 0 Å². The fourth-order valence-electron chi connectivity index (χ4n) is 5.03. The van der Waals surface area contributed by atoms with Crippen LogP contribution in [0.2, 0.25) is 0 Å². The standard InChI is InChI=1S/C29H32FN3O4/c1-17-13-22(30)14-23-26(17)31-24(32-28(23)37)15-29(3,4)16-25(35)33-11-9-21(10-12-33)27(36)20-7-5-19(6-8-20)18(2)34/h5-8,13-14,21H,9-12,15-16H2,1-4H3,(H,31,32,37). The number of halogens is 1. The van der Waals surface area contributed by atoms with Crippen molar-refractivity contribution in [2.45, 2.75) is 53.4 Å². The molecule has 2 aromatic carbocycles. The van der Waals surface area contributed by atoms with E-state index in [1.54, 1.807) is 36.1 Å². The smallest absolute Gasteiger partial charge is 0.258 e. The first kappa shape index (κ1) is 26.4. The van der Waals surface area contributed by atoms with Crippen LogP contribution >= 0.6 is 0 Å². The molecule has 4 rings (SSSR count). The molecule has 1 aliphatic rings. The van der Waals surface area contributed by atoms with Gasteiger partial charge in [0.15, 0.2) is 11.6 Å². The number of carbonyl (C=O) groups is 3. The molecule has 0 atom stereocenters. The molecule has 0 saturated carbocycles. The van der Waals surface area contributed by atoms with Gasteiger partial charge in [0.1, 0.15) is 11.6 Å². The Bertz CT molecular complexity index is 1420. The Kier molecular flexibility index (Phi) is 7.39. The number of hydrogen-bond acceptors (Lipinski definition) is 5. The van der Waals surface area contributed by atoms with Crippen molar-refractivity contribution in [1.82, 2.24) is 14.9 Å². The van der Waals surface area contributed by atoms with E-state index in [-0.39, 0.29) is 35.2 Å². The number of aromatic nitrogens is 2. The van der Waals surface area contributed by atoms with Gasteiger partial charge in [0, 0.05) is 43.0 Å². The number of ketones is 2. The third-order valence-corrected chi connectivity index (χ3v) is 7.08. The highest BCUT2D eigenvalue weighted by molar-refractivity contribution is 6.00. The molecule has 0 radical (unpaired) electrons. The number of piperidine rings is 1. The monoisotopic (exact) mass is 505 g/mol. The number of hydrogen-bond donors (Lipinski definition) is 1. The Labute approximate surface area is 215 Å². The number of likely N-dealkylation sites (tertiary alicyclic amines) is 1. The van der Waals surface area contributed by atoms with Crippen molar-refractivity contribution in [1.29, 1.82) is 0 Å².